The summed E-state index contributed by atoms with van der Waals surface area (Å²) < 4.78 is 2.12. The minimum absolute atomic E-state index is 0.0988. The summed E-state index contributed by atoms with van der Waals surface area (Å²) >= 11 is 0. The molecule has 2 rings (SSSR count). The van der Waals surface area contributed by atoms with E-state index in [9.17, 15) is 4.79 Å². The lowest BCUT2D eigenvalue weighted by molar-refractivity contribution is -0.131. The van der Waals surface area contributed by atoms with Gasteiger partial charge in [-0.2, -0.15) is 0 Å². The van der Waals surface area contributed by atoms with Crippen LogP contribution in [0.2, 0.25) is 0 Å². The van der Waals surface area contributed by atoms with Crippen molar-refractivity contribution in [1.82, 2.24) is 19.8 Å². The van der Waals surface area contributed by atoms with E-state index in [4.69, 9.17) is 0 Å². The highest BCUT2D eigenvalue weighted by Gasteiger charge is 2.35. The molecule has 0 bridgehead atoms. The number of nitrogens with zero attached hydrogens (tertiary/aromatic N) is 3. The van der Waals surface area contributed by atoms with Crippen molar-refractivity contribution in [3.8, 4) is 0 Å². The van der Waals surface area contributed by atoms with Gasteiger partial charge >= 0.3 is 0 Å². The van der Waals surface area contributed by atoms with Crippen molar-refractivity contribution in [2.75, 3.05) is 13.1 Å². The molecule has 5 nitrogen and oxygen atoms in total. The van der Waals surface area contributed by atoms with E-state index in [1.807, 2.05) is 26.4 Å². The molecule has 118 valence electrons. The molecular weight excluding hydrogens is 264 g/mol. The Kier molecular flexibility index (Phi) is 5.04. The van der Waals surface area contributed by atoms with Gasteiger partial charge in [0.05, 0.1) is 24.1 Å². The van der Waals surface area contributed by atoms with E-state index < -0.39 is 5.54 Å². The van der Waals surface area contributed by atoms with Crippen LogP contribution in [0, 0.1) is 5.92 Å². The summed E-state index contributed by atoms with van der Waals surface area (Å²) in [5, 5.41) is 3.07. The number of likely N-dealkylation sites (tertiary alicyclic amines) is 1. The Morgan fingerprint density at radius 1 is 1.38 bits per heavy atom. The summed E-state index contributed by atoms with van der Waals surface area (Å²) in [7, 11) is 0. The van der Waals surface area contributed by atoms with Crippen molar-refractivity contribution >= 4 is 5.91 Å². The first-order valence-corrected chi connectivity index (χ1v) is 7.93. The Bertz CT molecular complexity index is 472. The molecule has 1 aromatic rings. The fraction of sp³-hybridized carbons (Fsp3) is 0.750. The zero-order chi connectivity index (χ0) is 15.5. The average Bonchev–Trinajstić information content (AvgIpc) is 3.06. The van der Waals surface area contributed by atoms with Crippen molar-refractivity contribution in [3.63, 3.8) is 0 Å². The molecule has 1 fully saturated rings. The summed E-state index contributed by atoms with van der Waals surface area (Å²) in [4.78, 5) is 19.0. The van der Waals surface area contributed by atoms with Crippen molar-refractivity contribution in [2.45, 2.75) is 59.2 Å². The molecule has 0 unspecified atom stereocenters. The summed E-state index contributed by atoms with van der Waals surface area (Å²) in [5.74, 6) is 0.663. The molecule has 1 aliphatic heterocycles. The van der Waals surface area contributed by atoms with Crippen LogP contribution in [0.25, 0.3) is 0 Å². The molecule has 1 N–H and O–H groups in total. The van der Waals surface area contributed by atoms with Gasteiger partial charge in [-0.05, 0) is 45.7 Å². The number of carbonyl (C=O) groups excluding carboxylic acids is 1. The van der Waals surface area contributed by atoms with Gasteiger partial charge in [0, 0.05) is 12.7 Å². The lowest BCUT2D eigenvalue weighted by Crippen LogP contribution is -2.53. The number of carbonyl (C=O) groups is 1. The molecule has 1 saturated heterocycles. The van der Waals surface area contributed by atoms with Gasteiger partial charge in [0.1, 0.15) is 0 Å². The van der Waals surface area contributed by atoms with Gasteiger partial charge in [-0.25, -0.2) is 4.98 Å². The molecule has 2 heterocycles. The van der Waals surface area contributed by atoms with Crippen LogP contribution in [0.3, 0.4) is 0 Å². The van der Waals surface area contributed by atoms with E-state index in [0.29, 0.717) is 12.5 Å². The lowest BCUT2D eigenvalue weighted by atomic mass is 10.0. The number of hydrogen-bond donors (Lipinski definition) is 1. The van der Waals surface area contributed by atoms with Crippen molar-refractivity contribution in [3.05, 3.63) is 18.2 Å². The van der Waals surface area contributed by atoms with Gasteiger partial charge in [0.15, 0.2) is 0 Å². The van der Waals surface area contributed by atoms with Gasteiger partial charge in [-0.15, -0.1) is 0 Å². The van der Waals surface area contributed by atoms with Crippen LogP contribution in [0.15, 0.2) is 12.5 Å². The first-order chi connectivity index (χ1) is 9.91. The van der Waals surface area contributed by atoms with Crippen LogP contribution in [0.1, 0.15) is 46.2 Å². The molecule has 0 aromatic carbocycles. The Morgan fingerprint density at radius 3 is 2.67 bits per heavy atom. The minimum atomic E-state index is -0.431. The van der Waals surface area contributed by atoms with Gasteiger partial charge in [0.25, 0.3) is 0 Å². The van der Waals surface area contributed by atoms with E-state index in [2.05, 4.69) is 33.6 Å². The Balaban J connectivity index is 1.93. The van der Waals surface area contributed by atoms with E-state index in [-0.39, 0.29) is 5.91 Å². The molecule has 21 heavy (non-hydrogen) atoms. The predicted octanol–water partition coefficient (Wildman–Crippen LogP) is 2.03. The molecule has 5 heteroatoms. The fourth-order valence-electron chi connectivity index (χ4n) is 2.86. The third-order valence-corrected chi connectivity index (χ3v) is 4.24. The van der Waals surface area contributed by atoms with Crippen molar-refractivity contribution in [2.24, 2.45) is 5.92 Å². The molecule has 0 radical (unpaired) electrons. The first kappa shape index (κ1) is 16.0. The highest BCUT2D eigenvalue weighted by Crippen LogP contribution is 2.21. The van der Waals surface area contributed by atoms with Crippen LogP contribution in [-0.4, -0.2) is 39.0 Å². The second-order valence-corrected chi connectivity index (χ2v) is 6.87. The molecule has 1 amide bonds. The SMILES string of the molecule is CC(C)Cn1cncc1CNC(=O)C(C)(C)N1CCCC1. The van der Waals surface area contributed by atoms with Crippen molar-refractivity contribution in [1.29, 1.82) is 0 Å². The molecule has 0 saturated carbocycles. The molecule has 1 aliphatic rings. The monoisotopic (exact) mass is 292 g/mol. The third kappa shape index (κ3) is 3.84. The van der Waals surface area contributed by atoms with Crippen LogP contribution >= 0.6 is 0 Å². The number of hydrogen-bond acceptors (Lipinski definition) is 3. The highest BCUT2D eigenvalue weighted by atomic mass is 16.2. The minimum Gasteiger partial charge on any atom is -0.349 e. The Hall–Kier alpha value is -1.36. The normalized spacial score (nSPS) is 16.6. The quantitative estimate of drug-likeness (QED) is 0.873. The second-order valence-electron chi connectivity index (χ2n) is 6.87. The maximum Gasteiger partial charge on any atom is 0.240 e. The summed E-state index contributed by atoms with van der Waals surface area (Å²) in [5.41, 5.74) is 0.633. The number of rotatable bonds is 6. The number of amides is 1. The van der Waals surface area contributed by atoms with Gasteiger partial charge in [-0.1, -0.05) is 13.8 Å². The van der Waals surface area contributed by atoms with Gasteiger partial charge in [0.2, 0.25) is 5.91 Å². The third-order valence-electron chi connectivity index (χ3n) is 4.24. The van der Waals surface area contributed by atoms with E-state index in [1.54, 1.807) is 0 Å². The van der Waals surface area contributed by atoms with Crippen LogP contribution in [0.5, 0.6) is 0 Å². The standard InChI is InChI=1S/C16H28N4O/c1-13(2)11-19-12-17-9-14(19)10-18-15(21)16(3,4)20-7-5-6-8-20/h9,12-13H,5-8,10-11H2,1-4H3,(H,18,21). The lowest BCUT2D eigenvalue weighted by Gasteiger charge is -2.33. The van der Waals surface area contributed by atoms with E-state index >= 15 is 0 Å². The topological polar surface area (TPSA) is 50.2 Å². The highest BCUT2D eigenvalue weighted by molar-refractivity contribution is 5.85. The maximum atomic E-state index is 12.5. The zero-order valence-corrected chi connectivity index (χ0v) is 13.7. The summed E-state index contributed by atoms with van der Waals surface area (Å²) in [6.07, 6.45) is 6.06. The Morgan fingerprint density at radius 2 is 2.05 bits per heavy atom. The predicted molar refractivity (Wildman–Crippen MR) is 83.8 cm³/mol. The first-order valence-electron chi connectivity index (χ1n) is 7.93. The molecular formula is C16H28N4O. The summed E-state index contributed by atoms with van der Waals surface area (Å²) in [6, 6.07) is 0. The smallest absolute Gasteiger partial charge is 0.240 e. The number of imidazole rings is 1. The average molecular weight is 292 g/mol. The van der Waals surface area contributed by atoms with Crippen LogP contribution < -0.4 is 5.32 Å². The molecule has 0 aliphatic carbocycles. The van der Waals surface area contributed by atoms with E-state index in [0.717, 1.165) is 25.3 Å². The molecule has 0 spiro atoms. The number of aromatic nitrogens is 2. The Labute approximate surface area is 127 Å². The zero-order valence-electron chi connectivity index (χ0n) is 13.7. The van der Waals surface area contributed by atoms with Crippen LogP contribution in [0.4, 0.5) is 0 Å². The van der Waals surface area contributed by atoms with Crippen molar-refractivity contribution < 1.29 is 4.79 Å². The summed E-state index contributed by atoms with van der Waals surface area (Å²) in [6.45, 7) is 11.9. The fourth-order valence-corrected chi connectivity index (χ4v) is 2.86. The van der Waals surface area contributed by atoms with Gasteiger partial charge < -0.3 is 9.88 Å². The number of nitrogens with one attached hydrogen (secondary N) is 1. The van der Waals surface area contributed by atoms with Gasteiger partial charge in [-0.3, -0.25) is 9.69 Å². The maximum absolute atomic E-state index is 12.5. The molecule has 0 atom stereocenters. The molecule has 1 aromatic heterocycles. The van der Waals surface area contributed by atoms with E-state index in [1.165, 1.54) is 12.8 Å². The largest absolute Gasteiger partial charge is 0.349 e. The second kappa shape index (κ2) is 6.60. The van der Waals surface area contributed by atoms with Crippen LogP contribution in [-0.2, 0) is 17.9 Å².